The summed E-state index contributed by atoms with van der Waals surface area (Å²) in [6.45, 7) is 0. The summed E-state index contributed by atoms with van der Waals surface area (Å²) in [5.74, 6) is 1.09. The second-order valence-corrected chi connectivity index (χ2v) is 7.50. The molecule has 124 valence electrons. The van der Waals surface area contributed by atoms with Crippen LogP contribution in [-0.4, -0.2) is 15.0 Å². The fourth-order valence-electron chi connectivity index (χ4n) is 2.29. The van der Waals surface area contributed by atoms with Crippen LogP contribution in [0.4, 0.5) is 28.1 Å². The van der Waals surface area contributed by atoms with E-state index in [1.165, 1.54) is 6.33 Å². The van der Waals surface area contributed by atoms with Gasteiger partial charge in [0.1, 0.15) is 12.0 Å². The first-order chi connectivity index (χ1) is 12.2. The number of nitrogens with two attached hydrogens (primary N) is 1. The Morgan fingerprint density at radius 1 is 0.920 bits per heavy atom. The molecule has 2 aromatic heterocycles. The van der Waals surface area contributed by atoms with Crippen LogP contribution in [0.2, 0.25) is 0 Å². The van der Waals surface area contributed by atoms with Gasteiger partial charge in [0.05, 0.1) is 10.2 Å². The largest absolute Gasteiger partial charge is 0.393 e. The summed E-state index contributed by atoms with van der Waals surface area (Å²) in [7, 11) is 0. The number of aromatic nitrogens is 3. The van der Waals surface area contributed by atoms with Crippen LogP contribution in [0.1, 0.15) is 0 Å². The van der Waals surface area contributed by atoms with Gasteiger partial charge >= 0.3 is 0 Å². The number of halogens is 1. The maximum atomic E-state index is 6.23. The van der Waals surface area contributed by atoms with Gasteiger partial charge in [-0.3, -0.25) is 0 Å². The minimum Gasteiger partial charge on any atom is -0.393 e. The van der Waals surface area contributed by atoms with E-state index >= 15 is 0 Å². The van der Waals surface area contributed by atoms with Crippen molar-refractivity contribution < 1.29 is 0 Å². The topological polar surface area (TPSA) is 88.8 Å². The normalized spacial score (nSPS) is 10.8. The molecule has 0 spiro atoms. The van der Waals surface area contributed by atoms with Crippen LogP contribution in [0.15, 0.2) is 54.9 Å². The molecule has 25 heavy (non-hydrogen) atoms. The number of para-hydroxylation sites is 1. The molecular weight excluding hydrogens is 447 g/mol. The van der Waals surface area contributed by atoms with Crippen LogP contribution in [0.25, 0.3) is 10.2 Å². The average molecular weight is 460 g/mol. The van der Waals surface area contributed by atoms with E-state index in [1.54, 1.807) is 11.3 Å². The van der Waals surface area contributed by atoms with Crippen LogP contribution in [0.3, 0.4) is 0 Å². The van der Waals surface area contributed by atoms with Gasteiger partial charge in [-0.15, -0.1) is 0 Å². The van der Waals surface area contributed by atoms with Gasteiger partial charge in [-0.1, -0.05) is 23.5 Å². The number of nitrogens with one attached hydrogen (secondary N) is 2. The van der Waals surface area contributed by atoms with Crippen molar-refractivity contribution in [2.45, 2.75) is 0 Å². The Kier molecular flexibility index (Phi) is 4.36. The molecular formula is C17H13IN6S. The molecule has 0 saturated carbocycles. The van der Waals surface area contributed by atoms with Crippen molar-refractivity contribution in [2.75, 3.05) is 16.4 Å². The zero-order valence-corrected chi connectivity index (χ0v) is 15.9. The van der Waals surface area contributed by atoms with E-state index in [9.17, 15) is 0 Å². The van der Waals surface area contributed by atoms with E-state index in [4.69, 9.17) is 5.73 Å². The Labute approximate surface area is 161 Å². The molecule has 4 aromatic rings. The van der Waals surface area contributed by atoms with Gasteiger partial charge in [-0.2, -0.15) is 0 Å². The van der Waals surface area contributed by atoms with Gasteiger partial charge in [-0.25, -0.2) is 15.0 Å². The highest BCUT2D eigenvalue weighted by atomic mass is 127. The molecule has 2 aromatic carbocycles. The monoisotopic (exact) mass is 460 g/mol. The van der Waals surface area contributed by atoms with Crippen molar-refractivity contribution >= 4 is 72.3 Å². The van der Waals surface area contributed by atoms with Crippen molar-refractivity contribution in [2.24, 2.45) is 0 Å². The lowest BCUT2D eigenvalue weighted by molar-refractivity contribution is 1.17. The second kappa shape index (κ2) is 6.81. The van der Waals surface area contributed by atoms with Crippen molar-refractivity contribution in [1.29, 1.82) is 0 Å². The zero-order valence-electron chi connectivity index (χ0n) is 12.9. The number of thiazole rings is 1. The lowest BCUT2D eigenvalue weighted by Crippen LogP contribution is -2.05. The Balaban J connectivity index is 1.61. The maximum Gasteiger partial charge on any atom is 0.189 e. The maximum absolute atomic E-state index is 6.23. The molecule has 4 N–H and O–H groups in total. The molecule has 0 atom stereocenters. The molecule has 0 aliphatic rings. The number of benzene rings is 2. The van der Waals surface area contributed by atoms with Crippen LogP contribution in [-0.2, 0) is 0 Å². The van der Waals surface area contributed by atoms with Crippen molar-refractivity contribution in [3.63, 3.8) is 0 Å². The van der Waals surface area contributed by atoms with E-state index in [-0.39, 0.29) is 0 Å². The molecule has 0 radical (unpaired) electrons. The van der Waals surface area contributed by atoms with Gasteiger partial charge in [0.2, 0.25) is 0 Å². The van der Waals surface area contributed by atoms with Crippen LogP contribution < -0.4 is 16.4 Å². The van der Waals surface area contributed by atoms with Gasteiger partial charge < -0.3 is 16.4 Å². The van der Waals surface area contributed by atoms with Crippen molar-refractivity contribution in [3.05, 3.63) is 58.4 Å². The molecule has 6 nitrogen and oxygen atoms in total. The standard InChI is InChI=1S/C17H13IN6S/c18-10-5-7-11(8-6-10)22-15-14(19)16(21-9-20-15)24-17-23-12-3-1-2-4-13(12)25-17/h1-9H,19H2,(H2,20,21,22,23,24). The molecule has 0 fully saturated rings. The Morgan fingerprint density at radius 3 is 2.40 bits per heavy atom. The van der Waals surface area contributed by atoms with Crippen molar-refractivity contribution in [1.82, 2.24) is 15.0 Å². The van der Waals surface area contributed by atoms with Crippen LogP contribution in [0, 0.1) is 3.57 Å². The van der Waals surface area contributed by atoms with Crippen molar-refractivity contribution in [3.8, 4) is 0 Å². The van der Waals surface area contributed by atoms with Gasteiger partial charge in [0.25, 0.3) is 0 Å². The minimum atomic E-state index is 0.445. The number of hydrogen-bond donors (Lipinski definition) is 3. The van der Waals surface area contributed by atoms with Gasteiger partial charge in [0, 0.05) is 9.26 Å². The minimum absolute atomic E-state index is 0.445. The number of hydrogen-bond acceptors (Lipinski definition) is 7. The molecule has 0 unspecified atom stereocenters. The Bertz CT molecular complexity index is 998. The third kappa shape index (κ3) is 3.49. The third-order valence-corrected chi connectivity index (χ3v) is 5.18. The first-order valence-electron chi connectivity index (χ1n) is 7.45. The molecule has 4 rings (SSSR count). The smallest absolute Gasteiger partial charge is 0.189 e. The number of fused-ring (bicyclic) bond motifs is 1. The summed E-state index contributed by atoms with van der Waals surface area (Å²) in [4.78, 5) is 13.0. The highest BCUT2D eigenvalue weighted by molar-refractivity contribution is 14.1. The van der Waals surface area contributed by atoms with E-state index in [0.717, 1.165) is 24.6 Å². The first kappa shape index (κ1) is 16.0. The van der Waals surface area contributed by atoms with E-state index in [2.05, 4.69) is 48.2 Å². The molecule has 0 aliphatic carbocycles. The van der Waals surface area contributed by atoms with Crippen LogP contribution in [0.5, 0.6) is 0 Å². The highest BCUT2D eigenvalue weighted by Crippen LogP contribution is 2.31. The fraction of sp³-hybridized carbons (Fsp3) is 0. The van der Waals surface area contributed by atoms with E-state index in [1.807, 2.05) is 48.5 Å². The predicted molar refractivity (Wildman–Crippen MR) is 112 cm³/mol. The van der Waals surface area contributed by atoms with E-state index in [0.29, 0.717) is 17.3 Å². The number of nitrogens with zero attached hydrogens (tertiary/aromatic N) is 3. The first-order valence-corrected chi connectivity index (χ1v) is 9.34. The third-order valence-electron chi connectivity index (χ3n) is 3.51. The molecule has 0 amide bonds. The summed E-state index contributed by atoms with van der Waals surface area (Å²) in [5, 5.41) is 7.15. The Morgan fingerprint density at radius 2 is 1.64 bits per heavy atom. The quantitative estimate of drug-likeness (QED) is 0.381. The average Bonchev–Trinajstić information content (AvgIpc) is 3.03. The SMILES string of the molecule is Nc1c(Nc2ccc(I)cc2)ncnc1Nc1nc2ccccc2s1. The zero-order chi connectivity index (χ0) is 17.2. The van der Waals surface area contributed by atoms with Gasteiger partial charge in [-0.05, 0) is 59.0 Å². The number of anilines is 5. The van der Waals surface area contributed by atoms with E-state index < -0.39 is 0 Å². The summed E-state index contributed by atoms with van der Waals surface area (Å²) >= 11 is 3.82. The molecule has 0 saturated heterocycles. The highest BCUT2D eigenvalue weighted by Gasteiger charge is 2.11. The summed E-state index contributed by atoms with van der Waals surface area (Å²) in [6.07, 6.45) is 1.47. The molecule has 0 aliphatic heterocycles. The van der Waals surface area contributed by atoms with Crippen LogP contribution >= 0.6 is 33.9 Å². The lowest BCUT2D eigenvalue weighted by Gasteiger charge is -2.11. The number of rotatable bonds is 4. The second-order valence-electron chi connectivity index (χ2n) is 5.23. The summed E-state index contributed by atoms with van der Waals surface area (Å²) in [5.41, 5.74) is 8.53. The Hall–Kier alpha value is -2.46. The summed E-state index contributed by atoms with van der Waals surface area (Å²) in [6, 6.07) is 15.9. The molecule has 8 heteroatoms. The van der Waals surface area contributed by atoms with Gasteiger partial charge in [0.15, 0.2) is 16.8 Å². The fourth-order valence-corrected chi connectivity index (χ4v) is 3.52. The summed E-state index contributed by atoms with van der Waals surface area (Å²) < 4.78 is 2.27. The number of nitrogen functional groups attached to an aromatic ring is 1. The molecule has 2 heterocycles. The molecule has 0 bridgehead atoms. The lowest BCUT2D eigenvalue weighted by atomic mass is 10.3. The predicted octanol–water partition coefficient (Wildman–Crippen LogP) is 4.76.